The van der Waals surface area contributed by atoms with E-state index in [0.29, 0.717) is 12.0 Å². The first-order chi connectivity index (χ1) is 11.6. The number of rotatable bonds is 4. The van der Waals surface area contributed by atoms with Crippen LogP contribution >= 0.6 is 34.9 Å². The quantitative estimate of drug-likeness (QED) is 0.774. The Morgan fingerprint density at radius 3 is 3.00 bits per heavy atom. The van der Waals surface area contributed by atoms with Gasteiger partial charge < -0.3 is 15.2 Å². The predicted octanol–water partition coefficient (Wildman–Crippen LogP) is 2.77. The minimum absolute atomic E-state index is 0.0609. The largest absolute Gasteiger partial charge is 0.477 e. The molecule has 0 bridgehead atoms. The minimum atomic E-state index is -1.05. The summed E-state index contributed by atoms with van der Waals surface area (Å²) >= 11 is 5.08. The molecule has 0 fully saturated rings. The Hall–Kier alpha value is -1.38. The third kappa shape index (κ3) is 3.81. The van der Waals surface area contributed by atoms with Crippen LogP contribution in [0.25, 0.3) is 0 Å². The van der Waals surface area contributed by atoms with Crippen LogP contribution < -0.4 is 5.32 Å². The third-order valence-electron chi connectivity index (χ3n) is 3.80. The second-order valence-corrected chi connectivity index (χ2v) is 8.77. The Kier molecular flexibility index (Phi) is 5.57. The van der Waals surface area contributed by atoms with Gasteiger partial charge in [0.1, 0.15) is 5.70 Å². The number of carboxylic acids is 1. The summed E-state index contributed by atoms with van der Waals surface area (Å²) in [5, 5.41) is 13.2. The van der Waals surface area contributed by atoms with E-state index in [9.17, 15) is 9.59 Å². The Morgan fingerprint density at radius 1 is 1.46 bits per heavy atom. The summed E-state index contributed by atoms with van der Waals surface area (Å²) in [6.07, 6.45) is 3.24. The smallest absolute Gasteiger partial charge is 0.352 e. The van der Waals surface area contributed by atoms with Crippen molar-refractivity contribution in [3.05, 3.63) is 44.3 Å². The molecule has 24 heavy (non-hydrogen) atoms. The first-order valence-electron chi connectivity index (χ1n) is 7.40. The van der Waals surface area contributed by atoms with Crippen molar-refractivity contribution in [2.75, 3.05) is 12.9 Å². The minimum Gasteiger partial charge on any atom is -0.477 e. The fraction of sp³-hybridized carbons (Fsp3) is 0.375. The van der Waals surface area contributed by atoms with Crippen LogP contribution in [0.2, 0.25) is 0 Å². The Morgan fingerprint density at radius 2 is 2.29 bits per heavy atom. The molecule has 0 radical (unpaired) electrons. The lowest BCUT2D eigenvalue weighted by atomic mass is 10.1. The highest BCUT2D eigenvalue weighted by Gasteiger charge is 2.27. The number of hydrogen-bond donors (Lipinski definition) is 2. The number of fused-ring (bicyclic) bond motifs is 1. The van der Waals surface area contributed by atoms with E-state index < -0.39 is 11.9 Å². The number of carbonyl (C=O) groups is 2. The summed E-state index contributed by atoms with van der Waals surface area (Å²) in [7, 11) is 1.34. The fourth-order valence-electron chi connectivity index (χ4n) is 2.58. The molecule has 0 aliphatic carbocycles. The van der Waals surface area contributed by atoms with Crippen molar-refractivity contribution in [2.24, 2.45) is 0 Å². The molecule has 1 unspecified atom stereocenters. The number of carbonyl (C=O) groups excluding carboxylic acids is 1. The average molecular weight is 384 g/mol. The topological polar surface area (TPSA) is 75.6 Å². The molecule has 0 amide bonds. The maximum absolute atomic E-state index is 12.1. The summed E-state index contributed by atoms with van der Waals surface area (Å²) in [4.78, 5) is 25.9. The predicted molar refractivity (Wildman–Crippen MR) is 98.2 cm³/mol. The molecular formula is C16H17NO4S3. The van der Waals surface area contributed by atoms with Gasteiger partial charge in [0.25, 0.3) is 0 Å². The zero-order chi connectivity index (χ0) is 17.1. The van der Waals surface area contributed by atoms with Gasteiger partial charge in [0, 0.05) is 32.4 Å². The van der Waals surface area contributed by atoms with Crippen LogP contribution in [0.4, 0.5) is 0 Å². The van der Waals surface area contributed by atoms with Crippen molar-refractivity contribution in [1.82, 2.24) is 5.32 Å². The van der Waals surface area contributed by atoms with Crippen molar-refractivity contribution in [1.29, 1.82) is 0 Å². The number of carboxylic acid groups (broad SMARTS) is 1. The van der Waals surface area contributed by atoms with E-state index in [4.69, 9.17) is 9.84 Å². The number of thioether (sulfide) groups is 2. The standard InChI is InChI=1S/C16H17NO4S3/c1-21-16(20)11-6-17-12(15(18)19)8-23-14(11)5-10-4-9-7-22-3-2-13(9)24-10/h4,6,8,14,17H,2-3,5,7H2,1H3,(H,18,19). The average Bonchev–Trinajstić information content (AvgIpc) is 2.86. The number of methoxy groups -OCH3 is 1. The SMILES string of the molecule is COC(=O)C1=CNC(C(=O)O)=CSC1Cc1cc2c(s1)CCSC2. The molecule has 3 rings (SSSR count). The van der Waals surface area contributed by atoms with Gasteiger partial charge in [0.05, 0.1) is 12.7 Å². The molecule has 0 aromatic carbocycles. The number of aryl methyl sites for hydroxylation is 1. The van der Waals surface area contributed by atoms with Crippen LogP contribution in [-0.4, -0.2) is 35.2 Å². The number of esters is 1. The highest BCUT2D eigenvalue weighted by atomic mass is 32.2. The van der Waals surface area contributed by atoms with Crippen molar-refractivity contribution in [3.63, 3.8) is 0 Å². The Bertz CT molecular complexity index is 699. The maximum atomic E-state index is 12.1. The van der Waals surface area contributed by atoms with E-state index in [2.05, 4.69) is 11.4 Å². The molecule has 1 aromatic heterocycles. The van der Waals surface area contributed by atoms with E-state index in [1.807, 2.05) is 11.8 Å². The van der Waals surface area contributed by atoms with Crippen LogP contribution in [0.1, 0.15) is 15.3 Å². The zero-order valence-electron chi connectivity index (χ0n) is 13.0. The van der Waals surface area contributed by atoms with Gasteiger partial charge in [-0.05, 0) is 30.2 Å². The Labute approximate surface area is 152 Å². The van der Waals surface area contributed by atoms with Crippen molar-refractivity contribution >= 4 is 46.8 Å². The molecule has 128 valence electrons. The zero-order valence-corrected chi connectivity index (χ0v) is 15.5. The van der Waals surface area contributed by atoms with Crippen LogP contribution in [0.3, 0.4) is 0 Å². The number of hydrogen-bond acceptors (Lipinski definition) is 7. The third-order valence-corrected chi connectivity index (χ3v) is 7.19. The number of ether oxygens (including phenoxy) is 1. The van der Waals surface area contributed by atoms with Crippen LogP contribution in [0.15, 0.2) is 28.9 Å². The molecular weight excluding hydrogens is 366 g/mol. The van der Waals surface area contributed by atoms with Crippen LogP contribution in [-0.2, 0) is 32.9 Å². The van der Waals surface area contributed by atoms with Gasteiger partial charge in [-0.25, -0.2) is 9.59 Å². The lowest BCUT2D eigenvalue weighted by Gasteiger charge is -2.14. The number of aliphatic carboxylic acids is 1. The second kappa shape index (κ2) is 7.67. The van der Waals surface area contributed by atoms with E-state index in [1.165, 1.54) is 40.4 Å². The molecule has 3 heterocycles. The molecule has 1 atom stereocenters. The molecule has 8 heteroatoms. The highest BCUT2D eigenvalue weighted by molar-refractivity contribution is 8.03. The van der Waals surface area contributed by atoms with Crippen LogP contribution in [0.5, 0.6) is 0 Å². The molecule has 0 saturated heterocycles. The first-order valence-corrected chi connectivity index (χ1v) is 10.3. The molecule has 2 N–H and O–H groups in total. The second-order valence-electron chi connectivity index (χ2n) is 5.36. The molecule has 2 aliphatic rings. The molecule has 1 aromatic rings. The molecule has 0 saturated carbocycles. The van der Waals surface area contributed by atoms with Gasteiger partial charge in [0.15, 0.2) is 0 Å². The van der Waals surface area contributed by atoms with Crippen molar-refractivity contribution < 1.29 is 19.4 Å². The van der Waals surface area contributed by atoms with Gasteiger partial charge in [-0.2, -0.15) is 11.8 Å². The van der Waals surface area contributed by atoms with Gasteiger partial charge in [-0.1, -0.05) is 0 Å². The van der Waals surface area contributed by atoms with Gasteiger partial charge in [-0.3, -0.25) is 0 Å². The highest BCUT2D eigenvalue weighted by Crippen LogP contribution is 2.35. The van der Waals surface area contributed by atoms with E-state index in [0.717, 1.165) is 17.9 Å². The summed E-state index contributed by atoms with van der Waals surface area (Å²) < 4.78 is 4.86. The van der Waals surface area contributed by atoms with E-state index in [1.54, 1.807) is 16.7 Å². The molecule has 0 spiro atoms. The van der Waals surface area contributed by atoms with Crippen LogP contribution in [0, 0.1) is 0 Å². The fourth-order valence-corrected chi connectivity index (χ4v) is 6.16. The first kappa shape index (κ1) is 17.4. The molecule has 2 aliphatic heterocycles. The van der Waals surface area contributed by atoms with E-state index >= 15 is 0 Å². The maximum Gasteiger partial charge on any atom is 0.352 e. The Balaban J connectivity index is 1.83. The van der Waals surface area contributed by atoms with Gasteiger partial charge in [0.2, 0.25) is 0 Å². The normalized spacial score (nSPS) is 20.1. The van der Waals surface area contributed by atoms with E-state index in [-0.39, 0.29) is 10.9 Å². The van der Waals surface area contributed by atoms with Gasteiger partial charge in [-0.15, -0.1) is 23.1 Å². The summed E-state index contributed by atoms with van der Waals surface area (Å²) in [6, 6.07) is 2.22. The molecule has 5 nitrogen and oxygen atoms in total. The summed E-state index contributed by atoms with van der Waals surface area (Å²) in [5.74, 6) is 0.727. The van der Waals surface area contributed by atoms with Gasteiger partial charge >= 0.3 is 11.9 Å². The summed E-state index contributed by atoms with van der Waals surface area (Å²) in [6.45, 7) is 0. The number of nitrogens with one attached hydrogen (secondary N) is 1. The monoisotopic (exact) mass is 383 g/mol. The summed E-state index contributed by atoms with van der Waals surface area (Å²) in [5.41, 5.74) is 1.91. The number of thiophene rings is 1. The lowest BCUT2D eigenvalue weighted by molar-refractivity contribution is -0.136. The van der Waals surface area contributed by atoms with Crippen molar-refractivity contribution in [2.45, 2.75) is 23.8 Å². The lowest BCUT2D eigenvalue weighted by Crippen LogP contribution is -2.20. The van der Waals surface area contributed by atoms with Crippen molar-refractivity contribution in [3.8, 4) is 0 Å².